The lowest BCUT2D eigenvalue weighted by Crippen LogP contribution is -2.47. The number of fused-ring (bicyclic) bond motifs is 1. The first-order valence-electron chi connectivity index (χ1n) is 8.90. The minimum absolute atomic E-state index is 0.253. The van der Waals surface area contributed by atoms with Gasteiger partial charge < -0.3 is 9.80 Å². The summed E-state index contributed by atoms with van der Waals surface area (Å²) in [4.78, 5) is 14.3. The molecule has 0 bridgehead atoms. The quantitative estimate of drug-likeness (QED) is 0.507. The van der Waals surface area contributed by atoms with Crippen LogP contribution >= 0.6 is 22.9 Å². The van der Waals surface area contributed by atoms with Crippen molar-refractivity contribution in [2.45, 2.75) is 0 Å². The molecule has 0 amide bonds. The van der Waals surface area contributed by atoms with Gasteiger partial charge in [-0.25, -0.2) is 18.9 Å². The van der Waals surface area contributed by atoms with Gasteiger partial charge in [0.1, 0.15) is 11.6 Å². The maximum atomic E-state index is 13.1. The monoisotopic (exact) mass is 414 g/mol. The van der Waals surface area contributed by atoms with Crippen molar-refractivity contribution in [2.24, 2.45) is 0 Å². The average molecular weight is 415 g/mol. The van der Waals surface area contributed by atoms with Crippen LogP contribution < -0.4 is 9.80 Å². The van der Waals surface area contributed by atoms with E-state index in [1.165, 1.54) is 12.1 Å². The Hall–Kier alpha value is -2.71. The number of halogens is 2. The molecule has 0 unspecified atom stereocenters. The Morgan fingerprint density at radius 2 is 1.75 bits per heavy atom. The van der Waals surface area contributed by atoms with Crippen molar-refractivity contribution >= 4 is 38.8 Å². The van der Waals surface area contributed by atoms with Gasteiger partial charge in [-0.15, -0.1) is 5.10 Å². The molecule has 1 aromatic carbocycles. The molecule has 0 atom stereocenters. The number of aromatic nitrogens is 4. The number of imidazole rings is 1. The zero-order valence-electron chi connectivity index (χ0n) is 14.8. The number of hydrogen-bond donors (Lipinski definition) is 0. The van der Waals surface area contributed by atoms with E-state index in [4.69, 9.17) is 11.6 Å². The minimum Gasteiger partial charge on any atom is -0.352 e. The standard InChI is InChI=1S/C19H16ClFN6S/c20-15-2-1-7-22-17(15)25-8-10-26(11-9-25)19-24-27-12-16(23-18(27)28-19)13-3-5-14(21)6-4-13/h1-7,12H,8-11H2. The van der Waals surface area contributed by atoms with Crippen LogP contribution in [-0.4, -0.2) is 45.8 Å². The van der Waals surface area contributed by atoms with Crippen LogP contribution in [0.15, 0.2) is 48.8 Å². The van der Waals surface area contributed by atoms with E-state index >= 15 is 0 Å². The van der Waals surface area contributed by atoms with Crippen molar-refractivity contribution in [3.8, 4) is 11.3 Å². The van der Waals surface area contributed by atoms with Gasteiger partial charge in [0.05, 0.1) is 16.9 Å². The molecule has 1 aliphatic rings. The summed E-state index contributed by atoms with van der Waals surface area (Å²) in [6.07, 6.45) is 3.65. The van der Waals surface area contributed by atoms with Crippen molar-refractivity contribution in [1.29, 1.82) is 0 Å². The van der Waals surface area contributed by atoms with E-state index in [0.717, 1.165) is 53.3 Å². The highest BCUT2D eigenvalue weighted by molar-refractivity contribution is 7.20. The number of nitrogens with zero attached hydrogens (tertiary/aromatic N) is 6. The Balaban J connectivity index is 1.31. The van der Waals surface area contributed by atoms with E-state index in [-0.39, 0.29) is 5.82 Å². The van der Waals surface area contributed by atoms with Gasteiger partial charge in [0.25, 0.3) is 0 Å². The summed E-state index contributed by atoms with van der Waals surface area (Å²) in [5, 5.41) is 6.30. The molecule has 1 saturated heterocycles. The second-order valence-corrected chi connectivity index (χ2v) is 7.87. The van der Waals surface area contributed by atoms with Gasteiger partial charge in [-0.05, 0) is 36.4 Å². The lowest BCUT2D eigenvalue weighted by molar-refractivity contribution is 0.628. The maximum absolute atomic E-state index is 13.1. The lowest BCUT2D eigenvalue weighted by atomic mass is 10.2. The van der Waals surface area contributed by atoms with E-state index < -0.39 is 0 Å². The van der Waals surface area contributed by atoms with Gasteiger partial charge in [0, 0.05) is 37.9 Å². The third-order valence-corrected chi connectivity index (χ3v) is 6.04. The van der Waals surface area contributed by atoms with E-state index in [0.29, 0.717) is 5.02 Å². The minimum atomic E-state index is -0.253. The Morgan fingerprint density at radius 1 is 1.00 bits per heavy atom. The highest BCUT2D eigenvalue weighted by Gasteiger charge is 2.22. The molecule has 0 N–H and O–H groups in total. The van der Waals surface area contributed by atoms with Crippen LogP contribution in [0.1, 0.15) is 0 Å². The second kappa shape index (κ2) is 7.03. The molecule has 3 aromatic heterocycles. The summed E-state index contributed by atoms with van der Waals surface area (Å²) >= 11 is 7.82. The van der Waals surface area contributed by atoms with Crippen LogP contribution in [0.2, 0.25) is 5.02 Å². The largest absolute Gasteiger partial charge is 0.352 e. The van der Waals surface area contributed by atoms with Crippen molar-refractivity contribution in [3.63, 3.8) is 0 Å². The SMILES string of the molecule is Fc1ccc(-c2cn3nc(N4CCN(c5ncccc5Cl)CC4)sc3n2)cc1. The Morgan fingerprint density at radius 3 is 2.46 bits per heavy atom. The number of hydrogen-bond acceptors (Lipinski definition) is 6. The maximum Gasteiger partial charge on any atom is 0.214 e. The molecule has 0 aliphatic carbocycles. The van der Waals surface area contributed by atoms with Gasteiger partial charge in [0.15, 0.2) is 0 Å². The topological polar surface area (TPSA) is 49.6 Å². The first-order chi connectivity index (χ1) is 13.7. The van der Waals surface area contributed by atoms with Gasteiger partial charge >= 0.3 is 0 Å². The van der Waals surface area contributed by atoms with Gasteiger partial charge in [-0.1, -0.05) is 22.9 Å². The van der Waals surface area contributed by atoms with E-state index in [1.807, 2.05) is 18.3 Å². The summed E-state index contributed by atoms with van der Waals surface area (Å²) in [6.45, 7) is 3.35. The van der Waals surface area contributed by atoms with Crippen LogP contribution in [0.3, 0.4) is 0 Å². The van der Waals surface area contributed by atoms with Gasteiger partial charge in [0.2, 0.25) is 10.1 Å². The van der Waals surface area contributed by atoms with Crippen LogP contribution in [0, 0.1) is 5.82 Å². The molecule has 6 nitrogen and oxygen atoms in total. The summed E-state index contributed by atoms with van der Waals surface area (Å²) < 4.78 is 14.9. The first kappa shape index (κ1) is 17.4. The molecule has 142 valence electrons. The van der Waals surface area contributed by atoms with E-state index in [1.54, 1.807) is 34.2 Å². The summed E-state index contributed by atoms with van der Waals surface area (Å²) in [6, 6.07) is 10.0. The number of benzene rings is 1. The number of pyridine rings is 1. The van der Waals surface area contributed by atoms with Crippen molar-refractivity contribution < 1.29 is 4.39 Å². The molecule has 0 spiro atoms. The molecular weight excluding hydrogens is 399 g/mol. The predicted molar refractivity (Wildman–Crippen MR) is 110 cm³/mol. The third kappa shape index (κ3) is 3.18. The molecule has 4 aromatic rings. The van der Waals surface area contributed by atoms with Crippen molar-refractivity contribution in [2.75, 3.05) is 36.0 Å². The molecule has 1 aliphatic heterocycles. The fourth-order valence-electron chi connectivity index (χ4n) is 3.30. The lowest BCUT2D eigenvalue weighted by Gasteiger charge is -2.35. The summed E-state index contributed by atoms with van der Waals surface area (Å²) in [5.41, 5.74) is 1.67. The molecule has 0 radical (unpaired) electrons. The number of piperazine rings is 1. The molecule has 0 saturated carbocycles. The van der Waals surface area contributed by atoms with E-state index in [9.17, 15) is 4.39 Å². The molecular formula is C19H16ClFN6S. The fourth-order valence-corrected chi connectivity index (χ4v) is 4.47. The first-order valence-corrected chi connectivity index (χ1v) is 10.1. The van der Waals surface area contributed by atoms with Crippen molar-refractivity contribution in [1.82, 2.24) is 19.6 Å². The smallest absolute Gasteiger partial charge is 0.214 e. The van der Waals surface area contributed by atoms with Crippen molar-refractivity contribution in [3.05, 3.63) is 59.6 Å². The zero-order valence-corrected chi connectivity index (χ0v) is 16.4. The Bertz CT molecular complexity index is 1090. The van der Waals surface area contributed by atoms with Gasteiger partial charge in [-0.3, -0.25) is 0 Å². The normalized spacial score (nSPS) is 14.8. The number of anilines is 2. The highest BCUT2D eigenvalue weighted by atomic mass is 35.5. The Kier molecular flexibility index (Phi) is 4.37. The second-order valence-electron chi connectivity index (χ2n) is 6.53. The third-order valence-electron chi connectivity index (χ3n) is 4.76. The molecule has 1 fully saturated rings. The highest BCUT2D eigenvalue weighted by Crippen LogP contribution is 2.29. The molecule has 28 heavy (non-hydrogen) atoms. The van der Waals surface area contributed by atoms with Crippen LogP contribution in [0.25, 0.3) is 16.2 Å². The molecule has 9 heteroatoms. The van der Waals surface area contributed by atoms with Gasteiger partial charge in [-0.2, -0.15) is 0 Å². The molecule has 5 rings (SSSR count). The summed E-state index contributed by atoms with van der Waals surface area (Å²) in [5.74, 6) is 0.581. The zero-order chi connectivity index (χ0) is 19.1. The Labute approximate surface area is 169 Å². The fraction of sp³-hybridized carbons (Fsp3) is 0.211. The number of rotatable bonds is 3. The van der Waals surface area contributed by atoms with Crippen LogP contribution in [-0.2, 0) is 0 Å². The van der Waals surface area contributed by atoms with Crippen LogP contribution in [0.5, 0.6) is 0 Å². The summed E-state index contributed by atoms with van der Waals surface area (Å²) in [7, 11) is 0. The molecule has 4 heterocycles. The van der Waals surface area contributed by atoms with E-state index in [2.05, 4.69) is 24.9 Å². The predicted octanol–water partition coefficient (Wildman–Crippen LogP) is 3.97. The average Bonchev–Trinajstić information content (AvgIpc) is 3.28. The van der Waals surface area contributed by atoms with Crippen LogP contribution in [0.4, 0.5) is 15.3 Å².